The van der Waals surface area contributed by atoms with Gasteiger partial charge in [0.05, 0.1) is 11.4 Å². The molecule has 1 fully saturated rings. The van der Waals surface area contributed by atoms with Gasteiger partial charge in [-0.05, 0) is 37.5 Å². The number of benzene rings is 1. The molecule has 1 unspecified atom stereocenters. The van der Waals surface area contributed by atoms with Gasteiger partial charge in [-0.2, -0.15) is 0 Å². The zero-order valence-corrected chi connectivity index (χ0v) is 12.5. The van der Waals surface area contributed by atoms with Crippen molar-refractivity contribution in [3.8, 4) is 0 Å². The van der Waals surface area contributed by atoms with Crippen LogP contribution in [-0.2, 0) is 10.5 Å². The summed E-state index contributed by atoms with van der Waals surface area (Å²) < 4.78 is 12.8. The van der Waals surface area contributed by atoms with Gasteiger partial charge in [-0.3, -0.25) is 4.79 Å². The molecule has 3 nitrogen and oxygen atoms in total. The highest BCUT2D eigenvalue weighted by Gasteiger charge is 2.30. The van der Waals surface area contributed by atoms with E-state index in [1.165, 1.54) is 23.9 Å². The standard InChI is InChI=1S/C15H20FNO2S/c1-15(19)7-2-8-17(11-15)14(18)10-20-9-12-3-5-13(16)6-4-12/h3-6,19H,2,7-11H2,1H3. The van der Waals surface area contributed by atoms with Gasteiger partial charge in [0.2, 0.25) is 5.91 Å². The first-order chi connectivity index (χ1) is 9.46. The summed E-state index contributed by atoms with van der Waals surface area (Å²) in [5.41, 5.74) is 0.255. The summed E-state index contributed by atoms with van der Waals surface area (Å²) in [6.07, 6.45) is 1.60. The smallest absolute Gasteiger partial charge is 0.232 e. The Morgan fingerprint density at radius 2 is 2.15 bits per heavy atom. The number of hydrogen-bond donors (Lipinski definition) is 1. The normalized spacial score (nSPS) is 22.9. The summed E-state index contributed by atoms with van der Waals surface area (Å²) in [6.45, 7) is 2.92. The number of halogens is 1. The number of nitrogens with zero attached hydrogens (tertiary/aromatic N) is 1. The minimum Gasteiger partial charge on any atom is -0.388 e. The molecule has 0 aliphatic carbocycles. The highest BCUT2D eigenvalue weighted by molar-refractivity contribution is 7.99. The van der Waals surface area contributed by atoms with E-state index in [2.05, 4.69) is 0 Å². The van der Waals surface area contributed by atoms with Crippen LogP contribution in [0.4, 0.5) is 4.39 Å². The number of piperidine rings is 1. The van der Waals surface area contributed by atoms with Gasteiger partial charge in [-0.1, -0.05) is 12.1 Å². The summed E-state index contributed by atoms with van der Waals surface area (Å²) in [5, 5.41) is 9.99. The molecule has 110 valence electrons. The molecule has 0 bridgehead atoms. The number of β-amino-alcohol motifs (C(OH)–C–C–N with tert-alkyl or cyclic N) is 1. The topological polar surface area (TPSA) is 40.5 Å². The molecule has 5 heteroatoms. The van der Waals surface area contributed by atoms with Crippen LogP contribution in [0.5, 0.6) is 0 Å². The van der Waals surface area contributed by atoms with Gasteiger partial charge in [0.25, 0.3) is 0 Å². The van der Waals surface area contributed by atoms with E-state index in [-0.39, 0.29) is 11.7 Å². The van der Waals surface area contributed by atoms with Crippen LogP contribution in [0.2, 0.25) is 0 Å². The van der Waals surface area contributed by atoms with Gasteiger partial charge in [0.1, 0.15) is 5.82 Å². The molecule has 1 aromatic rings. The van der Waals surface area contributed by atoms with Crippen molar-refractivity contribution in [2.75, 3.05) is 18.8 Å². The molecule has 2 rings (SSSR count). The molecule has 1 atom stereocenters. The molecule has 0 aromatic heterocycles. The van der Waals surface area contributed by atoms with Gasteiger partial charge in [0.15, 0.2) is 0 Å². The maximum Gasteiger partial charge on any atom is 0.232 e. The van der Waals surface area contributed by atoms with E-state index in [9.17, 15) is 14.3 Å². The minimum absolute atomic E-state index is 0.0667. The summed E-state index contributed by atoms with van der Waals surface area (Å²) in [4.78, 5) is 13.8. The first kappa shape index (κ1) is 15.3. The first-order valence-corrected chi connectivity index (χ1v) is 7.94. The number of thioether (sulfide) groups is 1. The Morgan fingerprint density at radius 3 is 2.80 bits per heavy atom. The maximum absolute atomic E-state index is 12.8. The second-order valence-electron chi connectivity index (χ2n) is 5.54. The molecule has 1 aromatic carbocycles. The zero-order valence-electron chi connectivity index (χ0n) is 11.6. The molecule has 1 saturated heterocycles. The number of carbonyl (C=O) groups is 1. The van der Waals surface area contributed by atoms with Crippen molar-refractivity contribution in [2.24, 2.45) is 0 Å². The maximum atomic E-state index is 12.8. The third-order valence-electron chi connectivity index (χ3n) is 3.44. The number of amides is 1. The lowest BCUT2D eigenvalue weighted by Crippen LogP contribution is -2.49. The third-order valence-corrected chi connectivity index (χ3v) is 4.42. The van der Waals surface area contributed by atoms with Gasteiger partial charge in [0, 0.05) is 18.8 Å². The second kappa shape index (κ2) is 6.59. The highest BCUT2D eigenvalue weighted by atomic mass is 32.2. The molecule has 1 N–H and O–H groups in total. The molecule has 0 saturated carbocycles. The fraction of sp³-hybridized carbons (Fsp3) is 0.533. The van der Waals surface area contributed by atoms with Crippen LogP contribution < -0.4 is 0 Å². The van der Waals surface area contributed by atoms with Crippen LogP contribution in [-0.4, -0.2) is 40.4 Å². The minimum atomic E-state index is -0.754. The van der Waals surface area contributed by atoms with Crippen LogP contribution in [0.1, 0.15) is 25.3 Å². The molecule has 1 aliphatic heterocycles. The van der Waals surface area contributed by atoms with Crippen LogP contribution >= 0.6 is 11.8 Å². The largest absolute Gasteiger partial charge is 0.388 e. The van der Waals surface area contributed by atoms with Gasteiger partial charge in [-0.15, -0.1) is 11.8 Å². The molecule has 1 aliphatic rings. The van der Waals surface area contributed by atoms with E-state index in [0.717, 1.165) is 24.9 Å². The van der Waals surface area contributed by atoms with Crippen LogP contribution in [0.25, 0.3) is 0 Å². The molecule has 1 heterocycles. The third kappa shape index (κ3) is 4.49. The quantitative estimate of drug-likeness (QED) is 0.928. The lowest BCUT2D eigenvalue weighted by molar-refractivity contribution is -0.134. The Hall–Kier alpha value is -1.07. The Labute approximate surface area is 123 Å². The Bertz CT molecular complexity index is 461. The van der Waals surface area contributed by atoms with Crippen molar-refractivity contribution in [1.82, 2.24) is 4.90 Å². The number of hydrogen-bond acceptors (Lipinski definition) is 3. The summed E-state index contributed by atoms with van der Waals surface area (Å²) >= 11 is 1.52. The average molecular weight is 297 g/mol. The van der Waals surface area contributed by atoms with Crippen molar-refractivity contribution >= 4 is 17.7 Å². The molecule has 0 spiro atoms. The predicted octanol–water partition coefficient (Wildman–Crippen LogP) is 2.43. The van der Waals surface area contributed by atoms with E-state index >= 15 is 0 Å². The Morgan fingerprint density at radius 1 is 1.45 bits per heavy atom. The van der Waals surface area contributed by atoms with Crippen molar-refractivity contribution in [1.29, 1.82) is 0 Å². The van der Waals surface area contributed by atoms with Crippen LogP contribution in [0.3, 0.4) is 0 Å². The highest BCUT2D eigenvalue weighted by Crippen LogP contribution is 2.21. The SMILES string of the molecule is CC1(O)CCCN(C(=O)CSCc2ccc(F)cc2)C1. The molecular formula is C15H20FNO2S. The summed E-state index contributed by atoms with van der Waals surface area (Å²) in [5.74, 6) is 0.909. The Kier molecular flexibility index (Phi) is 5.05. The zero-order chi connectivity index (χ0) is 14.6. The molecule has 20 heavy (non-hydrogen) atoms. The van der Waals surface area contributed by atoms with Gasteiger partial charge >= 0.3 is 0 Å². The first-order valence-electron chi connectivity index (χ1n) is 6.79. The van der Waals surface area contributed by atoms with Crippen molar-refractivity contribution in [3.63, 3.8) is 0 Å². The molecule has 1 amide bonds. The Balaban J connectivity index is 1.76. The molecular weight excluding hydrogens is 277 g/mol. The van der Waals surface area contributed by atoms with Crippen LogP contribution in [0.15, 0.2) is 24.3 Å². The number of likely N-dealkylation sites (tertiary alicyclic amines) is 1. The summed E-state index contributed by atoms with van der Waals surface area (Å²) in [6, 6.07) is 6.33. The number of rotatable bonds is 4. The summed E-state index contributed by atoms with van der Waals surface area (Å²) in [7, 11) is 0. The number of carbonyl (C=O) groups excluding carboxylic acids is 1. The molecule has 0 radical (unpaired) electrons. The van der Waals surface area contributed by atoms with E-state index < -0.39 is 5.60 Å². The van der Waals surface area contributed by atoms with E-state index in [1.54, 1.807) is 24.0 Å². The number of aliphatic hydroxyl groups is 1. The predicted molar refractivity (Wildman–Crippen MR) is 79.0 cm³/mol. The fourth-order valence-corrected chi connectivity index (χ4v) is 3.25. The fourth-order valence-electron chi connectivity index (χ4n) is 2.36. The van der Waals surface area contributed by atoms with Gasteiger partial charge in [-0.25, -0.2) is 4.39 Å². The lowest BCUT2D eigenvalue weighted by Gasteiger charge is -2.36. The average Bonchev–Trinajstić information content (AvgIpc) is 2.40. The van der Waals surface area contributed by atoms with Gasteiger partial charge < -0.3 is 10.0 Å². The monoisotopic (exact) mass is 297 g/mol. The van der Waals surface area contributed by atoms with E-state index in [0.29, 0.717) is 18.1 Å². The van der Waals surface area contributed by atoms with Crippen LogP contribution in [0, 0.1) is 5.82 Å². The van der Waals surface area contributed by atoms with E-state index in [4.69, 9.17) is 0 Å². The van der Waals surface area contributed by atoms with E-state index in [1.807, 2.05) is 0 Å². The van der Waals surface area contributed by atoms with Crippen molar-refractivity contribution < 1.29 is 14.3 Å². The second-order valence-corrected chi connectivity index (χ2v) is 6.52. The van der Waals surface area contributed by atoms with Crippen molar-refractivity contribution in [3.05, 3.63) is 35.6 Å². The lowest BCUT2D eigenvalue weighted by atomic mass is 9.95. The van der Waals surface area contributed by atoms with Crippen molar-refractivity contribution in [2.45, 2.75) is 31.1 Å².